The van der Waals surface area contributed by atoms with Gasteiger partial charge in [-0.05, 0) is 27.6 Å². The third kappa shape index (κ3) is 3.05. The molecular formula is C27H25NO4Si. The second-order valence-electron chi connectivity index (χ2n) is 8.85. The molecule has 5 nitrogen and oxygen atoms in total. The first kappa shape index (κ1) is 21.2. The Morgan fingerprint density at radius 1 is 0.788 bits per heavy atom. The van der Waals surface area contributed by atoms with E-state index in [0.29, 0.717) is 6.54 Å². The van der Waals surface area contributed by atoms with Crippen LogP contribution >= 0.6 is 0 Å². The van der Waals surface area contributed by atoms with E-state index in [4.69, 9.17) is 9.47 Å². The number of pyridine rings is 1. The summed E-state index contributed by atoms with van der Waals surface area (Å²) in [6.07, 6.45) is 2.03. The number of hydrogen-bond acceptors (Lipinski definition) is 4. The number of ether oxygens (including phenoxy) is 2. The Balaban J connectivity index is 1.93. The second kappa shape index (κ2) is 7.74. The highest BCUT2D eigenvalue weighted by molar-refractivity contribution is 7.02. The molecule has 2 aliphatic heterocycles. The van der Waals surface area contributed by atoms with Crippen LogP contribution in [0.5, 0.6) is 0 Å². The summed E-state index contributed by atoms with van der Waals surface area (Å²) in [6, 6.07) is 20.4. The molecule has 0 amide bonds. The number of benzene rings is 2. The molecule has 166 valence electrons. The molecule has 0 saturated heterocycles. The van der Waals surface area contributed by atoms with Crippen molar-refractivity contribution in [2.75, 3.05) is 14.2 Å². The monoisotopic (exact) mass is 455 g/mol. The maximum absolute atomic E-state index is 13.2. The van der Waals surface area contributed by atoms with Crippen LogP contribution < -0.4 is 10.4 Å². The molecule has 1 aliphatic carbocycles. The lowest BCUT2D eigenvalue weighted by molar-refractivity contribution is 0.0557. The Kier molecular flexibility index (Phi) is 4.98. The van der Waals surface area contributed by atoms with Crippen molar-refractivity contribution >= 4 is 30.4 Å². The summed E-state index contributed by atoms with van der Waals surface area (Å²) in [4.78, 5) is 26.3. The zero-order valence-electron chi connectivity index (χ0n) is 19.1. The van der Waals surface area contributed by atoms with Gasteiger partial charge in [0, 0.05) is 23.9 Å². The van der Waals surface area contributed by atoms with Crippen LogP contribution in [0.25, 0.3) is 22.4 Å². The first-order valence-electron chi connectivity index (χ1n) is 10.9. The topological polar surface area (TPSA) is 57.5 Å². The molecule has 0 saturated carbocycles. The van der Waals surface area contributed by atoms with Gasteiger partial charge in [-0.2, -0.15) is 0 Å². The van der Waals surface area contributed by atoms with Crippen LogP contribution in [0.3, 0.4) is 0 Å². The van der Waals surface area contributed by atoms with Crippen LogP contribution in [0.15, 0.2) is 66.9 Å². The smallest absolute Gasteiger partial charge is 0.340 e. The van der Waals surface area contributed by atoms with Crippen LogP contribution in [-0.4, -0.2) is 38.8 Å². The van der Waals surface area contributed by atoms with Gasteiger partial charge >= 0.3 is 11.9 Å². The largest absolute Gasteiger partial charge is 0.465 e. The van der Waals surface area contributed by atoms with Gasteiger partial charge in [-0.1, -0.05) is 67.7 Å². The van der Waals surface area contributed by atoms with E-state index in [0.717, 1.165) is 27.9 Å². The van der Waals surface area contributed by atoms with E-state index < -0.39 is 20.0 Å². The van der Waals surface area contributed by atoms with Crippen LogP contribution in [-0.2, 0) is 16.0 Å². The normalized spacial score (nSPS) is 13.5. The summed E-state index contributed by atoms with van der Waals surface area (Å²) >= 11 is 0. The number of rotatable bonds is 4. The summed E-state index contributed by atoms with van der Waals surface area (Å²) in [5, 5.41) is 2.45. The molecule has 33 heavy (non-hydrogen) atoms. The number of carbonyl (C=O) groups is 2. The standard InChI is InChI=1S/C27H25NO4Si/c1-31-26(29)23-21-18-12-8-9-13-19(18)33(3,4)20-14-15-28(16-17-10-6-5-7-11-17)25(22(20)21)24(23)27(30)32-2/h5-15H,16H2,1-4H3. The summed E-state index contributed by atoms with van der Waals surface area (Å²) in [7, 11) is 0.600. The van der Waals surface area contributed by atoms with Crippen LogP contribution in [0, 0.1) is 0 Å². The van der Waals surface area contributed by atoms with Gasteiger partial charge in [-0.15, -0.1) is 0 Å². The maximum atomic E-state index is 13.2. The lowest BCUT2D eigenvalue weighted by atomic mass is 9.99. The molecule has 0 spiro atoms. The minimum Gasteiger partial charge on any atom is -0.465 e. The van der Waals surface area contributed by atoms with Gasteiger partial charge in [0.05, 0.1) is 31.0 Å². The highest BCUT2D eigenvalue weighted by atomic mass is 28.3. The van der Waals surface area contributed by atoms with Gasteiger partial charge in [0.1, 0.15) is 8.07 Å². The Hall–Kier alpha value is -3.64. The predicted molar refractivity (Wildman–Crippen MR) is 131 cm³/mol. The Morgan fingerprint density at radius 3 is 2.12 bits per heavy atom. The number of methoxy groups -OCH3 is 2. The molecule has 0 N–H and O–H groups in total. The lowest BCUT2D eigenvalue weighted by Gasteiger charge is -2.34. The molecule has 0 bridgehead atoms. The Morgan fingerprint density at radius 2 is 1.42 bits per heavy atom. The van der Waals surface area contributed by atoms with Gasteiger partial charge in [0.2, 0.25) is 0 Å². The van der Waals surface area contributed by atoms with E-state index in [1.807, 2.05) is 42.6 Å². The molecule has 5 rings (SSSR count). The van der Waals surface area contributed by atoms with Crippen LogP contribution in [0.1, 0.15) is 26.3 Å². The van der Waals surface area contributed by atoms with E-state index >= 15 is 0 Å². The van der Waals surface area contributed by atoms with Crippen molar-refractivity contribution < 1.29 is 19.1 Å². The molecule has 0 fully saturated rings. The molecule has 6 heteroatoms. The lowest BCUT2D eigenvalue weighted by Crippen LogP contribution is -2.56. The summed E-state index contributed by atoms with van der Waals surface area (Å²) in [5.74, 6) is -1.07. The van der Waals surface area contributed by atoms with E-state index in [-0.39, 0.29) is 11.1 Å². The van der Waals surface area contributed by atoms with E-state index in [1.54, 1.807) is 0 Å². The highest BCUT2D eigenvalue weighted by Crippen LogP contribution is 2.46. The molecule has 2 aromatic rings. The van der Waals surface area contributed by atoms with Gasteiger partial charge < -0.3 is 14.0 Å². The molecule has 0 radical (unpaired) electrons. The first-order valence-corrected chi connectivity index (χ1v) is 13.9. The number of nitrogens with zero attached hydrogens (tertiary/aromatic N) is 1. The zero-order chi connectivity index (χ0) is 23.3. The number of aromatic nitrogens is 1. The van der Waals surface area contributed by atoms with E-state index in [9.17, 15) is 9.59 Å². The van der Waals surface area contributed by atoms with Gasteiger partial charge in [0.25, 0.3) is 0 Å². The average Bonchev–Trinajstić information content (AvgIpc) is 3.20. The zero-order valence-corrected chi connectivity index (χ0v) is 20.1. The Bertz CT molecular complexity index is 1370. The fourth-order valence-electron chi connectivity index (χ4n) is 5.18. The molecule has 0 atom stereocenters. The predicted octanol–water partition coefficient (Wildman–Crippen LogP) is 4.02. The number of hydrogen-bond donors (Lipinski definition) is 0. The third-order valence-corrected chi connectivity index (χ3v) is 10.3. The number of carbonyl (C=O) groups excluding carboxylic acids is 2. The second-order valence-corrected chi connectivity index (χ2v) is 13.2. The number of fused-ring (bicyclic) bond motifs is 2. The summed E-state index contributed by atoms with van der Waals surface area (Å²) in [6.45, 7) is 5.19. The molecule has 2 aromatic carbocycles. The van der Waals surface area contributed by atoms with Gasteiger partial charge in [-0.3, -0.25) is 0 Å². The van der Waals surface area contributed by atoms with Gasteiger partial charge in [-0.25, -0.2) is 9.59 Å². The van der Waals surface area contributed by atoms with Gasteiger partial charge in [0.15, 0.2) is 0 Å². The third-order valence-electron chi connectivity index (χ3n) is 6.72. The minimum atomic E-state index is -2.09. The van der Waals surface area contributed by atoms with Crippen molar-refractivity contribution in [2.45, 2.75) is 19.6 Å². The SMILES string of the molecule is COC(=O)c1c(C(=O)OC)c2n(Cc3ccccc3)ccc3c-2c1-c1ccccc1[Si]3(C)C. The Labute approximate surface area is 193 Å². The van der Waals surface area contributed by atoms with E-state index in [2.05, 4.69) is 41.9 Å². The van der Waals surface area contributed by atoms with Crippen molar-refractivity contribution in [3.8, 4) is 22.4 Å². The number of esters is 2. The maximum Gasteiger partial charge on any atom is 0.340 e. The van der Waals surface area contributed by atoms with Crippen LogP contribution in [0.2, 0.25) is 13.1 Å². The quantitative estimate of drug-likeness (QED) is 0.345. The molecule has 2 heterocycles. The summed E-state index contributed by atoms with van der Waals surface area (Å²) < 4.78 is 12.4. The van der Waals surface area contributed by atoms with Crippen molar-refractivity contribution in [2.24, 2.45) is 0 Å². The fraction of sp³-hybridized carbons (Fsp3) is 0.185. The van der Waals surface area contributed by atoms with Crippen molar-refractivity contribution in [1.82, 2.24) is 4.57 Å². The highest BCUT2D eigenvalue weighted by Gasteiger charge is 2.44. The molecular weight excluding hydrogens is 430 g/mol. The minimum absolute atomic E-state index is 0.272. The molecule has 0 unspecified atom stereocenters. The molecule has 3 aliphatic rings. The molecule has 0 aromatic heterocycles. The van der Waals surface area contributed by atoms with Crippen molar-refractivity contribution in [3.63, 3.8) is 0 Å². The van der Waals surface area contributed by atoms with Crippen molar-refractivity contribution in [1.29, 1.82) is 0 Å². The van der Waals surface area contributed by atoms with E-state index in [1.165, 1.54) is 24.6 Å². The fourth-order valence-corrected chi connectivity index (χ4v) is 8.23. The van der Waals surface area contributed by atoms with Crippen LogP contribution in [0.4, 0.5) is 0 Å². The average molecular weight is 456 g/mol. The first-order chi connectivity index (χ1) is 15.9. The summed E-state index contributed by atoms with van der Waals surface area (Å²) in [5.41, 5.74) is 5.12. The van der Waals surface area contributed by atoms with Crippen molar-refractivity contribution in [3.05, 3.63) is 83.6 Å².